The molecule has 0 aromatic rings. The molecule has 0 fully saturated rings. The van der Waals surface area contributed by atoms with E-state index in [-0.39, 0.29) is 13.2 Å². The minimum Gasteiger partial charge on any atom is -0.597 e. The SMILES string of the molecule is CC1=NN=N[N+]1([O-])CCCO. The Hall–Kier alpha value is -0.850. The van der Waals surface area contributed by atoms with E-state index in [0.29, 0.717) is 12.3 Å². The molecule has 0 bridgehead atoms. The Morgan fingerprint density at radius 2 is 2.36 bits per heavy atom. The van der Waals surface area contributed by atoms with E-state index in [1.54, 1.807) is 6.92 Å². The van der Waals surface area contributed by atoms with E-state index in [4.69, 9.17) is 5.11 Å². The van der Waals surface area contributed by atoms with Crippen molar-refractivity contribution in [1.82, 2.24) is 0 Å². The third kappa shape index (κ3) is 1.59. The van der Waals surface area contributed by atoms with Gasteiger partial charge in [-0.25, -0.2) is 0 Å². The third-order valence-electron chi connectivity index (χ3n) is 1.50. The first-order chi connectivity index (χ1) is 5.19. The Morgan fingerprint density at radius 1 is 1.64 bits per heavy atom. The van der Waals surface area contributed by atoms with E-state index >= 15 is 0 Å². The Morgan fingerprint density at radius 3 is 2.82 bits per heavy atom. The molecule has 6 nitrogen and oxygen atoms in total. The Kier molecular flexibility index (Phi) is 2.28. The highest BCUT2D eigenvalue weighted by Crippen LogP contribution is 2.15. The van der Waals surface area contributed by atoms with Crippen LogP contribution < -0.4 is 0 Å². The summed E-state index contributed by atoms with van der Waals surface area (Å²) in [5.41, 5.74) is 0. The third-order valence-corrected chi connectivity index (χ3v) is 1.50. The number of quaternary nitrogens is 1. The molecule has 1 atom stereocenters. The fourth-order valence-electron chi connectivity index (χ4n) is 0.775. The van der Waals surface area contributed by atoms with Gasteiger partial charge in [0.05, 0.1) is 5.22 Å². The maximum absolute atomic E-state index is 11.4. The molecule has 1 aliphatic heterocycles. The lowest BCUT2D eigenvalue weighted by molar-refractivity contribution is -0.798. The van der Waals surface area contributed by atoms with Crippen LogP contribution in [0.3, 0.4) is 0 Å². The molecule has 0 spiro atoms. The number of amidine groups is 1. The smallest absolute Gasteiger partial charge is 0.249 e. The van der Waals surface area contributed by atoms with Crippen molar-refractivity contribution in [2.75, 3.05) is 13.2 Å². The number of aliphatic hydroxyl groups is 1. The lowest BCUT2D eigenvalue weighted by Crippen LogP contribution is -2.39. The highest BCUT2D eigenvalue weighted by atomic mass is 16.6. The number of hydrogen-bond acceptors (Lipinski definition) is 5. The van der Waals surface area contributed by atoms with Crippen LogP contribution in [0.15, 0.2) is 15.5 Å². The Bertz CT molecular complexity index is 203. The monoisotopic (exact) mass is 158 g/mol. The average Bonchev–Trinajstić information content (AvgIpc) is 2.30. The van der Waals surface area contributed by atoms with Gasteiger partial charge in [0.1, 0.15) is 6.54 Å². The first-order valence-electron chi connectivity index (χ1n) is 3.36. The quantitative estimate of drug-likeness (QED) is 0.476. The fraction of sp³-hybridized carbons (Fsp3) is 0.800. The second-order valence-corrected chi connectivity index (χ2v) is 2.33. The first-order valence-corrected chi connectivity index (χ1v) is 3.36. The summed E-state index contributed by atoms with van der Waals surface area (Å²) < 4.78 is -0.861. The molecule has 1 N–H and O–H groups in total. The van der Waals surface area contributed by atoms with Gasteiger partial charge in [-0.1, -0.05) is 5.10 Å². The molecule has 11 heavy (non-hydrogen) atoms. The molecule has 62 valence electrons. The minimum absolute atomic E-state index is 0.00889. The first kappa shape index (κ1) is 8.25. The maximum Gasteiger partial charge on any atom is 0.249 e. The van der Waals surface area contributed by atoms with Crippen molar-refractivity contribution in [3.8, 4) is 0 Å². The van der Waals surface area contributed by atoms with Crippen LogP contribution in [0.2, 0.25) is 0 Å². The van der Waals surface area contributed by atoms with Crippen LogP contribution in [0.25, 0.3) is 0 Å². The van der Waals surface area contributed by atoms with E-state index in [9.17, 15) is 5.21 Å². The van der Waals surface area contributed by atoms with Crippen LogP contribution >= 0.6 is 0 Å². The minimum atomic E-state index is -0.861. The lowest BCUT2D eigenvalue weighted by atomic mass is 10.4. The molecule has 1 aliphatic rings. The number of nitrogens with zero attached hydrogens (tertiary/aromatic N) is 4. The van der Waals surface area contributed by atoms with E-state index < -0.39 is 4.76 Å². The van der Waals surface area contributed by atoms with Crippen LogP contribution in [0.1, 0.15) is 13.3 Å². The molecular formula is C5H10N4O2. The van der Waals surface area contributed by atoms with Gasteiger partial charge in [-0.15, -0.1) is 0 Å². The highest BCUT2D eigenvalue weighted by molar-refractivity contribution is 5.73. The molecule has 1 unspecified atom stereocenters. The van der Waals surface area contributed by atoms with Gasteiger partial charge in [-0.05, 0) is 0 Å². The number of aliphatic hydroxyl groups excluding tert-OH is 1. The molecule has 1 heterocycles. The zero-order valence-electron chi connectivity index (χ0n) is 6.27. The van der Waals surface area contributed by atoms with Crippen LogP contribution in [0.5, 0.6) is 0 Å². The van der Waals surface area contributed by atoms with Crippen LogP contribution in [-0.4, -0.2) is 28.8 Å². The van der Waals surface area contributed by atoms with Crippen molar-refractivity contribution >= 4 is 5.84 Å². The van der Waals surface area contributed by atoms with Crippen LogP contribution in [-0.2, 0) is 0 Å². The summed E-state index contributed by atoms with van der Waals surface area (Å²) in [6, 6.07) is 0. The molecular weight excluding hydrogens is 148 g/mol. The van der Waals surface area contributed by atoms with Gasteiger partial charge in [-0.2, -0.15) is 4.76 Å². The normalized spacial score (nSPS) is 29.2. The Labute approximate surface area is 64.0 Å². The van der Waals surface area contributed by atoms with Gasteiger partial charge < -0.3 is 10.3 Å². The zero-order valence-corrected chi connectivity index (χ0v) is 6.27. The van der Waals surface area contributed by atoms with Gasteiger partial charge in [0, 0.05) is 25.2 Å². The predicted octanol–water partition coefficient (Wildman–Crippen LogP) is 0.398. The van der Waals surface area contributed by atoms with Crippen molar-refractivity contribution in [3.05, 3.63) is 5.21 Å². The molecule has 0 amide bonds. The van der Waals surface area contributed by atoms with Crippen molar-refractivity contribution in [1.29, 1.82) is 0 Å². The molecule has 0 aromatic carbocycles. The summed E-state index contributed by atoms with van der Waals surface area (Å²) >= 11 is 0. The number of rotatable bonds is 3. The maximum atomic E-state index is 11.4. The van der Waals surface area contributed by atoms with Crippen LogP contribution in [0.4, 0.5) is 0 Å². The average molecular weight is 158 g/mol. The van der Waals surface area contributed by atoms with Gasteiger partial charge in [0.2, 0.25) is 5.84 Å². The highest BCUT2D eigenvalue weighted by Gasteiger charge is 2.25. The fourth-order valence-corrected chi connectivity index (χ4v) is 0.775. The molecule has 0 aromatic heterocycles. The van der Waals surface area contributed by atoms with Crippen molar-refractivity contribution in [2.24, 2.45) is 15.5 Å². The van der Waals surface area contributed by atoms with Crippen molar-refractivity contribution < 1.29 is 9.86 Å². The lowest BCUT2D eigenvalue weighted by Gasteiger charge is -2.28. The summed E-state index contributed by atoms with van der Waals surface area (Å²) in [6.45, 7) is 1.77. The largest absolute Gasteiger partial charge is 0.597 e. The molecule has 0 saturated heterocycles. The van der Waals surface area contributed by atoms with Crippen LogP contribution in [0, 0.1) is 5.21 Å². The molecule has 0 aliphatic carbocycles. The van der Waals surface area contributed by atoms with Gasteiger partial charge >= 0.3 is 0 Å². The van der Waals surface area contributed by atoms with Gasteiger partial charge in [-0.3, -0.25) is 0 Å². The van der Waals surface area contributed by atoms with E-state index in [2.05, 4.69) is 15.5 Å². The van der Waals surface area contributed by atoms with Crippen molar-refractivity contribution in [2.45, 2.75) is 13.3 Å². The molecule has 1 rings (SSSR count). The van der Waals surface area contributed by atoms with E-state index in [1.807, 2.05) is 0 Å². The second-order valence-electron chi connectivity index (χ2n) is 2.33. The Balaban J connectivity index is 2.53. The molecule has 0 radical (unpaired) electrons. The second kappa shape index (κ2) is 3.04. The zero-order chi connectivity index (χ0) is 8.32. The number of hydrogen-bond donors (Lipinski definition) is 1. The van der Waals surface area contributed by atoms with Gasteiger partial charge in [0.25, 0.3) is 0 Å². The van der Waals surface area contributed by atoms with Crippen molar-refractivity contribution in [3.63, 3.8) is 0 Å². The standard InChI is InChI=1S/C5H10N4O2/c1-5-6-7-8-9(5,11)3-2-4-10/h10H,2-4H2,1H3. The van der Waals surface area contributed by atoms with Gasteiger partial charge in [0.15, 0.2) is 0 Å². The summed E-state index contributed by atoms with van der Waals surface area (Å²) in [7, 11) is 0. The number of hydroxylamine groups is 2. The molecule has 0 saturated carbocycles. The topological polar surface area (TPSA) is 80.4 Å². The summed E-state index contributed by atoms with van der Waals surface area (Å²) in [4.78, 5) is 0. The summed E-state index contributed by atoms with van der Waals surface area (Å²) in [5, 5.41) is 30.0. The predicted molar refractivity (Wildman–Crippen MR) is 38.2 cm³/mol. The molecule has 6 heteroatoms. The van der Waals surface area contributed by atoms with E-state index in [0.717, 1.165) is 0 Å². The summed E-state index contributed by atoms with van der Waals surface area (Å²) in [6.07, 6.45) is 0.412. The van der Waals surface area contributed by atoms with E-state index in [1.165, 1.54) is 0 Å². The summed E-state index contributed by atoms with van der Waals surface area (Å²) in [5.74, 6) is 0.318.